The van der Waals surface area contributed by atoms with Crippen molar-refractivity contribution >= 4 is 23.5 Å². The minimum absolute atomic E-state index is 0.0717. The van der Waals surface area contributed by atoms with Crippen LogP contribution < -0.4 is 14.8 Å². The number of hydrogen-bond donors (Lipinski definition) is 3. The topological polar surface area (TPSA) is 164 Å². The van der Waals surface area contributed by atoms with Crippen LogP contribution in [0.3, 0.4) is 0 Å². The average molecular weight is 482 g/mol. The number of rotatable bonds is 6. The van der Waals surface area contributed by atoms with Gasteiger partial charge in [0.25, 0.3) is 0 Å². The van der Waals surface area contributed by atoms with Crippen LogP contribution >= 0.6 is 0 Å². The lowest BCUT2D eigenvalue weighted by molar-refractivity contribution is -0.159. The molecule has 0 spiro atoms. The molecule has 2 aliphatic heterocycles. The number of nitrogens with one attached hydrogen (secondary N) is 1. The van der Waals surface area contributed by atoms with Gasteiger partial charge in [0.2, 0.25) is 18.6 Å². The van der Waals surface area contributed by atoms with E-state index in [-0.39, 0.29) is 18.6 Å². The first-order valence-electron chi connectivity index (χ1n) is 10.6. The highest BCUT2D eigenvalue weighted by molar-refractivity contribution is 6.27. The molecule has 12 nitrogen and oxygen atoms in total. The summed E-state index contributed by atoms with van der Waals surface area (Å²) in [5.74, 6) is -0.879. The van der Waals surface area contributed by atoms with Crippen LogP contribution in [0.15, 0.2) is 53.1 Å². The molecule has 1 saturated heterocycles. The lowest BCUT2D eigenvalue weighted by Gasteiger charge is -2.36. The molecule has 5 rings (SSSR count). The molecule has 182 valence electrons. The van der Waals surface area contributed by atoms with Crippen LogP contribution in [-0.4, -0.2) is 69.5 Å². The van der Waals surface area contributed by atoms with E-state index in [1.807, 2.05) is 35.2 Å². The predicted molar refractivity (Wildman–Crippen MR) is 119 cm³/mol. The number of carboxylic acid groups (broad SMARTS) is 2. The third-order valence-corrected chi connectivity index (χ3v) is 5.20. The number of fused-ring (bicyclic) bond motifs is 1. The van der Waals surface area contributed by atoms with Gasteiger partial charge in [-0.05, 0) is 17.7 Å². The van der Waals surface area contributed by atoms with Crippen molar-refractivity contribution in [3.63, 3.8) is 0 Å². The van der Waals surface area contributed by atoms with Gasteiger partial charge in [-0.1, -0.05) is 35.5 Å². The van der Waals surface area contributed by atoms with Gasteiger partial charge in [-0.3, -0.25) is 9.69 Å². The summed E-state index contributed by atoms with van der Waals surface area (Å²) in [4.78, 5) is 37.1. The van der Waals surface area contributed by atoms with Crippen molar-refractivity contribution in [3.8, 4) is 11.5 Å². The highest BCUT2D eigenvalue weighted by Crippen LogP contribution is 2.34. The first kappa shape index (κ1) is 23.7. The van der Waals surface area contributed by atoms with E-state index in [0.717, 1.165) is 18.7 Å². The first-order chi connectivity index (χ1) is 16.9. The smallest absolute Gasteiger partial charge is 0.414 e. The number of aromatic nitrogens is 2. The monoisotopic (exact) mass is 482 g/mol. The Hall–Kier alpha value is -4.45. The zero-order valence-electron chi connectivity index (χ0n) is 18.4. The fourth-order valence-corrected chi connectivity index (χ4v) is 3.52. The summed E-state index contributed by atoms with van der Waals surface area (Å²) in [6.07, 6.45) is 0.652. The summed E-state index contributed by atoms with van der Waals surface area (Å²) in [6.45, 7) is 1.98. The number of aliphatic carboxylic acids is 2. The Labute approximate surface area is 199 Å². The number of amides is 1. The summed E-state index contributed by atoms with van der Waals surface area (Å²) in [7, 11) is 0. The molecule has 0 unspecified atom stereocenters. The van der Waals surface area contributed by atoms with Crippen LogP contribution in [0.1, 0.15) is 23.2 Å². The van der Waals surface area contributed by atoms with Crippen molar-refractivity contribution in [1.82, 2.24) is 15.0 Å². The molecule has 1 amide bonds. The molecule has 1 fully saturated rings. The molecule has 0 aliphatic carbocycles. The van der Waals surface area contributed by atoms with Crippen LogP contribution in [-0.2, 0) is 20.8 Å². The van der Waals surface area contributed by atoms with E-state index in [0.29, 0.717) is 41.9 Å². The van der Waals surface area contributed by atoms with Crippen LogP contribution in [0.4, 0.5) is 5.69 Å². The molecule has 2 aliphatic rings. The van der Waals surface area contributed by atoms with Crippen molar-refractivity contribution in [1.29, 1.82) is 0 Å². The Morgan fingerprint density at radius 1 is 1.00 bits per heavy atom. The normalized spacial score (nSPS) is 14.4. The molecule has 3 heterocycles. The predicted octanol–water partition coefficient (Wildman–Crippen LogP) is 1.58. The van der Waals surface area contributed by atoms with Gasteiger partial charge in [0, 0.05) is 31.3 Å². The number of nitrogens with zero attached hydrogens (tertiary/aromatic N) is 3. The zero-order chi connectivity index (χ0) is 24.8. The quantitative estimate of drug-likeness (QED) is 0.437. The van der Waals surface area contributed by atoms with Crippen molar-refractivity contribution in [3.05, 3.63) is 65.8 Å². The largest absolute Gasteiger partial charge is 0.473 e. The van der Waals surface area contributed by atoms with Crippen molar-refractivity contribution in [2.75, 3.05) is 31.7 Å². The van der Waals surface area contributed by atoms with E-state index < -0.39 is 11.9 Å². The molecule has 0 atom stereocenters. The maximum Gasteiger partial charge on any atom is 0.414 e. The van der Waals surface area contributed by atoms with Crippen LogP contribution in [0, 0.1) is 0 Å². The summed E-state index contributed by atoms with van der Waals surface area (Å²) in [6, 6.07) is 15.4. The highest BCUT2D eigenvalue weighted by Gasteiger charge is 2.33. The molecule has 35 heavy (non-hydrogen) atoms. The number of likely N-dealkylation sites (tertiary alicyclic amines) is 1. The first-order valence-corrected chi connectivity index (χ1v) is 10.6. The number of carbonyl (C=O) groups excluding carboxylic acids is 1. The zero-order valence-corrected chi connectivity index (χ0v) is 18.4. The van der Waals surface area contributed by atoms with E-state index >= 15 is 0 Å². The molecular weight excluding hydrogens is 460 g/mol. The van der Waals surface area contributed by atoms with Crippen LogP contribution in [0.25, 0.3) is 0 Å². The molecule has 1 aromatic heterocycles. The Balaban J connectivity index is 0.000000431. The van der Waals surface area contributed by atoms with Crippen molar-refractivity contribution in [2.24, 2.45) is 0 Å². The average Bonchev–Trinajstić information content (AvgIpc) is 3.46. The Morgan fingerprint density at radius 2 is 1.71 bits per heavy atom. The van der Waals surface area contributed by atoms with E-state index in [1.165, 1.54) is 0 Å². The number of carbonyl (C=O) groups is 3. The number of hydrogen-bond acceptors (Lipinski definition) is 9. The Kier molecular flexibility index (Phi) is 7.21. The molecule has 0 saturated carbocycles. The second-order valence-corrected chi connectivity index (χ2v) is 7.83. The molecule has 3 aromatic rings. The number of carboxylic acids is 2. The van der Waals surface area contributed by atoms with Crippen molar-refractivity contribution in [2.45, 2.75) is 12.3 Å². The fraction of sp³-hybridized carbons (Fsp3) is 0.261. The van der Waals surface area contributed by atoms with E-state index in [2.05, 4.69) is 15.5 Å². The molecule has 2 aromatic carbocycles. The third kappa shape index (κ3) is 6.32. The summed E-state index contributed by atoms with van der Waals surface area (Å²) in [5, 5.41) is 21.8. The minimum Gasteiger partial charge on any atom is -0.473 e. The van der Waals surface area contributed by atoms with Crippen LogP contribution in [0.5, 0.6) is 11.5 Å². The van der Waals surface area contributed by atoms with Crippen LogP contribution in [0.2, 0.25) is 0 Å². The van der Waals surface area contributed by atoms with Gasteiger partial charge >= 0.3 is 11.9 Å². The van der Waals surface area contributed by atoms with Gasteiger partial charge in [0.05, 0.1) is 12.5 Å². The van der Waals surface area contributed by atoms with Gasteiger partial charge < -0.3 is 29.5 Å². The number of anilines is 1. The second-order valence-electron chi connectivity index (χ2n) is 7.83. The molecule has 3 N–H and O–H groups in total. The molecule has 0 radical (unpaired) electrons. The Morgan fingerprint density at radius 3 is 2.43 bits per heavy atom. The minimum atomic E-state index is -1.82. The second kappa shape index (κ2) is 10.7. The molecular formula is C23H22N4O8. The standard InChI is InChI=1S/C21H20N4O4.C2H2O4/c26-20(22-16-6-7-17-18(9-16)28-13-27-17)12-25-10-15(11-25)21-23-19(24-29-21)8-14-4-2-1-3-5-14;3-1(4)2(5)6/h1-7,9,15H,8,10-13H2,(H,22,26);(H,3,4)(H,5,6). The number of benzene rings is 2. The Bertz CT molecular complexity index is 1200. The van der Waals surface area contributed by atoms with Gasteiger partial charge in [-0.15, -0.1) is 0 Å². The SMILES string of the molecule is O=C(CN1CC(c2nc(Cc3ccccc3)no2)C1)Nc1ccc2c(c1)OCO2.O=C(O)C(=O)O. The third-order valence-electron chi connectivity index (χ3n) is 5.20. The molecule has 0 bridgehead atoms. The summed E-state index contributed by atoms with van der Waals surface area (Å²) >= 11 is 0. The van der Waals surface area contributed by atoms with E-state index in [4.69, 9.17) is 33.8 Å². The fourth-order valence-electron chi connectivity index (χ4n) is 3.52. The lowest BCUT2D eigenvalue weighted by Crippen LogP contribution is -2.48. The number of ether oxygens (including phenoxy) is 2. The van der Waals surface area contributed by atoms with Crippen molar-refractivity contribution < 1.29 is 38.6 Å². The lowest BCUT2D eigenvalue weighted by atomic mass is 10.0. The van der Waals surface area contributed by atoms with Gasteiger partial charge in [-0.25, -0.2) is 9.59 Å². The highest BCUT2D eigenvalue weighted by atomic mass is 16.7. The van der Waals surface area contributed by atoms with Gasteiger partial charge in [0.15, 0.2) is 17.3 Å². The van der Waals surface area contributed by atoms with Gasteiger partial charge in [0.1, 0.15) is 0 Å². The summed E-state index contributed by atoms with van der Waals surface area (Å²) in [5.41, 5.74) is 1.84. The van der Waals surface area contributed by atoms with E-state index in [1.54, 1.807) is 18.2 Å². The van der Waals surface area contributed by atoms with E-state index in [9.17, 15) is 4.79 Å². The molecule has 12 heteroatoms. The van der Waals surface area contributed by atoms with Gasteiger partial charge in [-0.2, -0.15) is 4.98 Å². The maximum atomic E-state index is 12.3. The summed E-state index contributed by atoms with van der Waals surface area (Å²) < 4.78 is 16.0. The maximum absolute atomic E-state index is 12.3.